The van der Waals surface area contributed by atoms with Gasteiger partial charge in [0, 0.05) is 18.7 Å². The topological polar surface area (TPSA) is 21.3 Å². The van der Waals surface area contributed by atoms with E-state index in [4.69, 9.17) is 4.74 Å². The van der Waals surface area contributed by atoms with Gasteiger partial charge in [0.05, 0.1) is 13.2 Å². The molecular weight excluding hydrogens is 205 g/mol. The molecule has 0 bridgehead atoms. The van der Waals surface area contributed by atoms with Crippen LogP contribution in [0.3, 0.4) is 0 Å². The molecule has 2 nitrogen and oxygen atoms in total. The molecule has 3 heteroatoms. The van der Waals surface area contributed by atoms with Crippen LogP contribution in [-0.2, 0) is 11.3 Å². The average Bonchev–Trinajstić information content (AvgIpc) is 2.33. The lowest BCUT2D eigenvalue weighted by atomic mass is 10.2. The fraction of sp³-hybridized carbons (Fsp3) is 0.385. The van der Waals surface area contributed by atoms with Crippen LogP contribution < -0.4 is 5.32 Å². The third-order valence-electron chi connectivity index (χ3n) is 2.61. The molecule has 1 heterocycles. The van der Waals surface area contributed by atoms with Gasteiger partial charge in [0.15, 0.2) is 0 Å². The molecule has 0 aliphatic carbocycles. The Labute approximate surface area is 95.1 Å². The molecule has 1 aliphatic heterocycles. The van der Waals surface area contributed by atoms with Gasteiger partial charge in [-0.3, -0.25) is 0 Å². The standard InChI is InChI=1S/C13H16FNO/c14-13-6-2-1-5-12(13)9-15-8-11-4-3-7-16-10-11/h1-2,4-6,15H,3,7-10H2. The van der Waals surface area contributed by atoms with Crippen molar-refractivity contribution in [3.8, 4) is 0 Å². The van der Waals surface area contributed by atoms with E-state index in [-0.39, 0.29) is 5.82 Å². The Balaban J connectivity index is 1.80. The van der Waals surface area contributed by atoms with Crippen molar-refractivity contribution >= 4 is 0 Å². The predicted octanol–water partition coefficient (Wildman–Crippen LogP) is 2.26. The minimum absolute atomic E-state index is 0.149. The summed E-state index contributed by atoms with van der Waals surface area (Å²) >= 11 is 0. The van der Waals surface area contributed by atoms with Crippen LogP contribution in [0.1, 0.15) is 12.0 Å². The van der Waals surface area contributed by atoms with Gasteiger partial charge in [-0.1, -0.05) is 24.3 Å². The molecule has 1 aromatic carbocycles. The predicted molar refractivity (Wildman–Crippen MR) is 61.6 cm³/mol. The molecule has 0 unspecified atom stereocenters. The van der Waals surface area contributed by atoms with Crippen molar-refractivity contribution in [2.75, 3.05) is 19.8 Å². The monoisotopic (exact) mass is 221 g/mol. The Kier molecular flexibility index (Phi) is 4.08. The van der Waals surface area contributed by atoms with Gasteiger partial charge in [0.2, 0.25) is 0 Å². The van der Waals surface area contributed by atoms with E-state index >= 15 is 0 Å². The summed E-state index contributed by atoms with van der Waals surface area (Å²) in [6.07, 6.45) is 3.18. The first kappa shape index (κ1) is 11.3. The second-order valence-corrected chi connectivity index (χ2v) is 3.90. The number of hydrogen-bond donors (Lipinski definition) is 1. The lowest BCUT2D eigenvalue weighted by Crippen LogP contribution is -2.21. The van der Waals surface area contributed by atoms with E-state index in [9.17, 15) is 4.39 Å². The molecule has 16 heavy (non-hydrogen) atoms. The number of ether oxygens (including phenoxy) is 1. The first-order chi connectivity index (χ1) is 7.86. The highest BCUT2D eigenvalue weighted by atomic mass is 19.1. The Bertz CT molecular complexity index is 376. The zero-order valence-electron chi connectivity index (χ0n) is 9.21. The molecule has 0 amide bonds. The van der Waals surface area contributed by atoms with Crippen LogP contribution in [0.5, 0.6) is 0 Å². The molecule has 1 aliphatic rings. The third kappa shape index (κ3) is 3.15. The van der Waals surface area contributed by atoms with Crippen LogP contribution in [-0.4, -0.2) is 19.8 Å². The van der Waals surface area contributed by atoms with E-state index < -0.39 is 0 Å². The number of rotatable bonds is 4. The lowest BCUT2D eigenvalue weighted by Gasteiger charge is -2.14. The zero-order valence-corrected chi connectivity index (χ0v) is 9.21. The Morgan fingerprint density at radius 3 is 2.88 bits per heavy atom. The summed E-state index contributed by atoms with van der Waals surface area (Å²) in [5.74, 6) is -0.149. The van der Waals surface area contributed by atoms with Crippen molar-refractivity contribution in [3.05, 3.63) is 47.3 Å². The molecular formula is C13H16FNO. The van der Waals surface area contributed by atoms with Crippen molar-refractivity contribution in [3.63, 3.8) is 0 Å². The molecule has 1 aromatic rings. The van der Waals surface area contributed by atoms with Crippen molar-refractivity contribution in [1.29, 1.82) is 0 Å². The summed E-state index contributed by atoms with van der Waals surface area (Å²) in [6, 6.07) is 6.84. The molecule has 1 N–H and O–H groups in total. The van der Waals surface area contributed by atoms with Crippen LogP contribution in [0, 0.1) is 5.82 Å². The highest BCUT2D eigenvalue weighted by molar-refractivity contribution is 5.17. The number of halogens is 1. The molecule has 2 rings (SSSR count). The minimum Gasteiger partial charge on any atom is -0.377 e. The van der Waals surface area contributed by atoms with Gasteiger partial charge in [-0.15, -0.1) is 0 Å². The maximum atomic E-state index is 13.3. The largest absolute Gasteiger partial charge is 0.377 e. The molecule has 0 saturated heterocycles. The number of hydrogen-bond acceptors (Lipinski definition) is 2. The van der Waals surface area contributed by atoms with Crippen molar-refractivity contribution < 1.29 is 9.13 Å². The second kappa shape index (κ2) is 5.77. The van der Waals surface area contributed by atoms with E-state index in [1.165, 1.54) is 11.6 Å². The van der Waals surface area contributed by atoms with Crippen LogP contribution in [0.25, 0.3) is 0 Å². The molecule has 0 atom stereocenters. The number of benzene rings is 1. The van der Waals surface area contributed by atoms with Gasteiger partial charge in [0.1, 0.15) is 5.82 Å². The van der Waals surface area contributed by atoms with Crippen molar-refractivity contribution in [1.82, 2.24) is 5.32 Å². The maximum absolute atomic E-state index is 13.3. The summed E-state index contributed by atoms with van der Waals surface area (Å²) in [4.78, 5) is 0. The summed E-state index contributed by atoms with van der Waals surface area (Å²) in [5.41, 5.74) is 1.96. The van der Waals surface area contributed by atoms with Gasteiger partial charge >= 0.3 is 0 Å². The zero-order chi connectivity index (χ0) is 11.2. The summed E-state index contributed by atoms with van der Waals surface area (Å²) in [6.45, 7) is 2.85. The smallest absolute Gasteiger partial charge is 0.127 e. The van der Waals surface area contributed by atoms with Gasteiger partial charge in [0.25, 0.3) is 0 Å². The van der Waals surface area contributed by atoms with Crippen LogP contribution in [0.4, 0.5) is 4.39 Å². The number of nitrogens with one attached hydrogen (secondary N) is 1. The molecule has 0 saturated carbocycles. The minimum atomic E-state index is -0.149. The first-order valence-corrected chi connectivity index (χ1v) is 5.56. The highest BCUT2D eigenvalue weighted by Gasteiger charge is 2.04. The van der Waals surface area contributed by atoms with E-state index in [0.29, 0.717) is 18.7 Å². The van der Waals surface area contributed by atoms with Gasteiger partial charge in [-0.05, 0) is 18.1 Å². The average molecular weight is 221 g/mol. The molecule has 0 fully saturated rings. The maximum Gasteiger partial charge on any atom is 0.127 e. The van der Waals surface area contributed by atoms with Crippen molar-refractivity contribution in [2.24, 2.45) is 0 Å². The fourth-order valence-electron chi connectivity index (χ4n) is 1.73. The van der Waals surface area contributed by atoms with Gasteiger partial charge in [-0.25, -0.2) is 4.39 Å². The van der Waals surface area contributed by atoms with Crippen LogP contribution >= 0.6 is 0 Å². The van der Waals surface area contributed by atoms with Crippen molar-refractivity contribution in [2.45, 2.75) is 13.0 Å². The highest BCUT2D eigenvalue weighted by Crippen LogP contribution is 2.07. The van der Waals surface area contributed by atoms with E-state index in [0.717, 1.165) is 19.6 Å². The second-order valence-electron chi connectivity index (χ2n) is 3.90. The van der Waals surface area contributed by atoms with Gasteiger partial charge < -0.3 is 10.1 Å². The normalized spacial score (nSPS) is 15.9. The molecule has 0 radical (unpaired) electrons. The molecule has 0 spiro atoms. The van der Waals surface area contributed by atoms with E-state index in [2.05, 4.69) is 11.4 Å². The Hall–Kier alpha value is -1.19. The van der Waals surface area contributed by atoms with E-state index in [1.54, 1.807) is 12.1 Å². The fourth-order valence-corrected chi connectivity index (χ4v) is 1.73. The van der Waals surface area contributed by atoms with Crippen LogP contribution in [0.2, 0.25) is 0 Å². The first-order valence-electron chi connectivity index (χ1n) is 5.56. The molecule has 0 aromatic heterocycles. The Morgan fingerprint density at radius 2 is 2.12 bits per heavy atom. The van der Waals surface area contributed by atoms with Crippen LogP contribution in [0.15, 0.2) is 35.9 Å². The van der Waals surface area contributed by atoms with Gasteiger partial charge in [-0.2, -0.15) is 0 Å². The molecule has 86 valence electrons. The SMILES string of the molecule is Fc1ccccc1CNCC1=CCCOC1. The quantitative estimate of drug-likeness (QED) is 0.787. The summed E-state index contributed by atoms with van der Waals surface area (Å²) in [7, 11) is 0. The lowest BCUT2D eigenvalue weighted by molar-refractivity contribution is 0.148. The summed E-state index contributed by atoms with van der Waals surface area (Å²) < 4.78 is 18.6. The third-order valence-corrected chi connectivity index (χ3v) is 2.61. The summed E-state index contributed by atoms with van der Waals surface area (Å²) in [5, 5.41) is 3.22. The Morgan fingerprint density at radius 1 is 1.25 bits per heavy atom. The van der Waals surface area contributed by atoms with E-state index in [1.807, 2.05) is 6.07 Å².